The molecule has 0 aromatic carbocycles. The van der Waals surface area contributed by atoms with E-state index in [0.29, 0.717) is 5.92 Å². The normalized spacial score (nSPS) is 15.5. The molecule has 1 saturated heterocycles. The highest BCUT2D eigenvalue weighted by Gasteiger charge is 2.21. The molecule has 0 radical (unpaired) electrons. The molecule has 1 aliphatic rings. The second kappa shape index (κ2) is 6.70. The van der Waals surface area contributed by atoms with Crippen LogP contribution in [0.1, 0.15) is 23.8 Å². The third-order valence-corrected chi connectivity index (χ3v) is 5.51. The molecule has 3 aromatic heterocycles. The van der Waals surface area contributed by atoms with E-state index in [1.54, 1.807) is 11.3 Å². The first-order valence-electron chi connectivity index (χ1n) is 8.21. The molecule has 0 saturated carbocycles. The Morgan fingerprint density at radius 3 is 2.75 bits per heavy atom. The van der Waals surface area contributed by atoms with Gasteiger partial charge in [0, 0.05) is 43.3 Å². The van der Waals surface area contributed by atoms with Crippen molar-refractivity contribution in [1.82, 2.24) is 25.1 Å². The van der Waals surface area contributed by atoms with Gasteiger partial charge in [-0.15, -0.1) is 10.2 Å². The number of hydrogen-bond donors (Lipinski definition) is 2. The van der Waals surface area contributed by atoms with Gasteiger partial charge in [0.2, 0.25) is 0 Å². The quantitative estimate of drug-likeness (QED) is 0.764. The van der Waals surface area contributed by atoms with Crippen LogP contribution in [0.5, 0.6) is 0 Å². The van der Waals surface area contributed by atoms with E-state index in [1.165, 1.54) is 0 Å². The van der Waals surface area contributed by atoms with Gasteiger partial charge in [-0.05, 0) is 38.1 Å². The van der Waals surface area contributed by atoms with Gasteiger partial charge in [-0.3, -0.25) is 0 Å². The second-order valence-corrected chi connectivity index (χ2v) is 6.91. The molecule has 4 heterocycles. The van der Waals surface area contributed by atoms with Gasteiger partial charge in [0.1, 0.15) is 10.8 Å². The smallest absolute Gasteiger partial charge is 0.151 e. The molecule has 2 N–H and O–H groups in total. The van der Waals surface area contributed by atoms with Crippen molar-refractivity contribution in [3.8, 4) is 16.4 Å². The number of rotatable bonds is 4. The van der Waals surface area contributed by atoms with E-state index in [9.17, 15) is 0 Å². The largest absolute Gasteiger partial charge is 0.387 e. The maximum Gasteiger partial charge on any atom is 0.151 e. The Hall–Kier alpha value is -2.25. The van der Waals surface area contributed by atoms with Gasteiger partial charge < -0.3 is 15.2 Å². The lowest BCUT2D eigenvalue weighted by Crippen LogP contribution is -2.26. The average Bonchev–Trinajstić information content (AvgIpc) is 3.34. The van der Waals surface area contributed by atoms with E-state index in [1.807, 2.05) is 48.4 Å². The number of hydrogen-bond acceptors (Lipinski definition) is 6. The van der Waals surface area contributed by atoms with Gasteiger partial charge in [0.15, 0.2) is 5.01 Å². The summed E-state index contributed by atoms with van der Waals surface area (Å²) in [6.07, 6.45) is 8.13. The Balaban J connectivity index is 1.65. The molecule has 0 atom stereocenters. The number of anilines is 1. The third kappa shape index (κ3) is 2.92. The SMILES string of the molecule is CNc1cc(-n2cccc2)ncc1-c1nnc(C2CCNCC2)s1. The Morgan fingerprint density at radius 1 is 1.21 bits per heavy atom. The summed E-state index contributed by atoms with van der Waals surface area (Å²) in [5.74, 6) is 1.42. The standard InChI is InChI=1S/C17H20N6S/c1-18-14-10-15(23-8-2-3-9-23)20-11-13(14)17-22-21-16(24-17)12-4-6-19-7-5-12/h2-3,8-12,19H,4-7H2,1H3,(H,18,20). The lowest BCUT2D eigenvalue weighted by molar-refractivity contribution is 0.457. The zero-order valence-electron chi connectivity index (χ0n) is 13.6. The number of nitrogens with one attached hydrogen (secondary N) is 2. The number of nitrogens with zero attached hydrogens (tertiary/aromatic N) is 4. The van der Waals surface area contributed by atoms with Gasteiger partial charge >= 0.3 is 0 Å². The van der Waals surface area contributed by atoms with Crippen molar-refractivity contribution in [1.29, 1.82) is 0 Å². The molecular formula is C17H20N6S. The van der Waals surface area contributed by atoms with Crippen molar-refractivity contribution in [2.75, 3.05) is 25.5 Å². The Bertz CT molecular complexity index is 804. The van der Waals surface area contributed by atoms with E-state index in [2.05, 4.69) is 25.8 Å². The zero-order valence-corrected chi connectivity index (χ0v) is 14.4. The maximum atomic E-state index is 4.58. The predicted molar refractivity (Wildman–Crippen MR) is 96.9 cm³/mol. The minimum absolute atomic E-state index is 0.530. The fourth-order valence-corrected chi connectivity index (χ4v) is 4.06. The van der Waals surface area contributed by atoms with Crippen LogP contribution in [0.3, 0.4) is 0 Å². The van der Waals surface area contributed by atoms with Crippen LogP contribution >= 0.6 is 11.3 Å². The van der Waals surface area contributed by atoms with Crippen molar-refractivity contribution in [3.05, 3.63) is 41.8 Å². The minimum atomic E-state index is 0.530. The summed E-state index contributed by atoms with van der Waals surface area (Å²) in [6, 6.07) is 6.02. The second-order valence-electron chi connectivity index (χ2n) is 5.90. The van der Waals surface area contributed by atoms with Crippen molar-refractivity contribution >= 4 is 17.0 Å². The monoisotopic (exact) mass is 340 g/mol. The van der Waals surface area contributed by atoms with Gasteiger partial charge in [-0.2, -0.15) is 0 Å². The minimum Gasteiger partial charge on any atom is -0.387 e. The molecule has 124 valence electrons. The summed E-state index contributed by atoms with van der Waals surface area (Å²) in [5.41, 5.74) is 2.02. The maximum absolute atomic E-state index is 4.58. The molecule has 6 nitrogen and oxygen atoms in total. The van der Waals surface area contributed by atoms with E-state index in [4.69, 9.17) is 0 Å². The molecule has 0 unspecified atom stereocenters. The fourth-order valence-electron chi connectivity index (χ4n) is 3.03. The summed E-state index contributed by atoms with van der Waals surface area (Å²) >= 11 is 1.69. The highest BCUT2D eigenvalue weighted by molar-refractivity contribution is 7.14. The molecule has 4 rings (SSSR count). The van der Waals surface area contributed by atoms with Crippen LogP contribution in [0.25, 0.3) is 16.4 Å². The first-order valence-corrected chi connectivity index (χ1v) is 9.02. The van der Waals surface area contributed by atoms with E-state index < -0.39 is 0 Å². The topological polar surface area (TPSA) is 67.7 Å². The van der Waals surface area contributed by atoms with Crippen molar-refractivity contribution in [2.45, 2.75) is 18.8 Å². The number of aromatic nitrogens is 4. The Labute approximate surface area is 145 Å². The van der Waals surface area contributed by atoms with Crippen LogP contribution in [-0.2, 0) is 0 Å². The van der Waals surface area contributed by atoms with E-state index in [-0.39, 0.29) is 0 Å². The predicted octanol–water partition coefficient (Wildman–Crippen LogP) is 2.90. The van der Waals surface area contributed by atoms with Crippen LogP contribution < -0.4 is 10.6 Å². The van der Waals surface area contributed by atoms with Crippen LogP contribution in [0.4, 0.5) is 5.69 Å². The molecule has 1 fully saturated rings. The van der Waals surface area contributed by atoms with Crippen molar-refractivity contribution < 1.29 is 0 Å². The highest BCUT2D eigenvalue weighted by atomic mass is 32.1. The molecule has 24 heavy (non-hydrogen) atoms. The van der Waals surface area contributed by atoms with E-state index in [0.717, 1.165) is 53.0 Å². The zero-order chi connectivity index (χ0) is 16.4. The number of piperidine rings is 1. The molecular weight excluding hydrogens is 320 g/mol. The first-order chi connectivity index (χ1) is 11.8. The molecule has 3 aromatic rings. The van der Waals surface area contributed by atoms with Gasteiger partial charge in [-0.1, -0.05) is 11.3 Å². The van der Waals surface area contributed by atoms with Crippen LogP contribution in [-0.4, -0.2) is 39.9 Å². The molecule has 7 heteroatoms. The van der Waals surface area contributed by atoms with Crippen molar-refractivity contribution in [2.24, 2.45) is 0 Å². The summed E-state index contributed by atoms with van der Waals surface area (Å²) in [5, 5.41) is 17.6. The summed E-state index contributed by atoms with van der Waals surface area (Å²) in [4.78, 5) is 4.58. The average molecular weight is 340 g/mol. The van der Waals surface area contributed by atoms with Gasteiger partial charge in [-0.25, -0.2) is 4.98 Å². The third-order valence-electron chi connectivity index (χ3n) is 4.39. The molecule has 1 aliphatic heterocycles. The van der Waals surface area contributed by atoms with Crippen LogP contribution in [0.2, 0.25) is 0 Å². The van der Waals surface area contributed by atoms with E-state index >= 15 is 0 Å². The summed E-state index contributed by atoms with van der Waals surface area (Å²) in [6.45, 7) is 2.13. The highest BCUT2D eigenvalue weighted by Crippen LogP contribution is 2.35. The summed E-state index contributed by atoms with van der Waals surface area (Å²) < 4.78 is 1.99. The molecule has 0 spiro atoms. The lowest BCUT2D eigenvalue weighted by atomic mass is 9.99. The Kier molecular flexibility index (Phi) is 4.27. The molecule has 0 amide bonds. The molecule has 0 aliphatic carbocycles. The van der Waals surface area contributed by atoms with Crippen LogP contribution in [0, 0.1) is 0 Å². The van der Waals surface area contributed by atoms with Crippen molar-refractivity contribution in [3.63, 3.8) is 0 Å². The van der Waals surface area contributed by atoms with Gasteiger partial charge in [0.25, 0.3) is 0 Å². The molecule has 0 bridgehead atoms. The lowest BCUT2D eigenvalue weighted by Gasteiger charge is -2.19. The van der Waals surface area contributed by atoms with Crippen LogP contribution in [0.15, 0.2) is 36.8 Å². The Morgan fingerprint density at radius 2 is 2.00 bits per heavy atom. The van der Waals surface area contributed by atoms with Gasteiger partial charge in [0.05, 0.1) is 5.56 Å². The fraction of sp³-hybridized carbons (Fsp3) is 0.353. The first kappa shape index (κ1) is 15.3. The number of pyridine rings is 1. The summed E-state index contributed by atoms with van der Waals surface area (Å²) in [7, 11) is 1.92.